The predicted molar refractivity (Wildman–Crippen MR) is 123 cm³/mol. The van der Waals surface area contributed by atoms with Crippen LogP contribution in [0.25, 0.3) is 0 Å². The second-order valence-electron chi connectivity index (χ2n) is 8.18. The molecule has 0 aliphatic carbocycles. The summed E-state index contributed by atoms with van der Waals surface area (Å²) < 4.78 is 5.83. The van der Waals surface area contributed by atoms with E-state index in [0.717, 1.165) is 22.6 Å². The predicted octanol–water partition coefficient (Wildman–Crippen LogP) is 5.40. The van der Waals surface area contributed by atoms with Crippen LogP contribution < -0.4 is 15.0 Å². The number of anilines is 2. The molecule has 1 N–H and O–H groups in total. The SMILES string of the molecule is Cc1ccc(Oc2ccc(NC(=O)[C@H]3CC(=O)N(c4cc(C)cc(C)c4)C3)cc2)cc1. The summed E-state index contributed by atoms with van der Waals surface area (Å²) in [6, 6.07) is 21.1. The molecule has 4 rings (SSSR count). The summed E-state index contributed by atoms with van der Waals surface area (Å²) in [5.41, 5.74) is 4.91. The molecule has 1 aliphatic heterocycles. The molecule has 3 aromatic rings. The van der Waals surface area contributed by atoms with Gasteiger partial charge < -0.3 is 15.0 Å². The third-order valence-corrected chi connectivity index (χ3v) is 5.39. The highest BCUT2D eigenvalue weighted by molar-refractivity contribution is 6.03. The van der Waals surface area contributed by atoms with Crippen molar-refractivity contribution in [3.63, 3.8) is 0 Å². The molecule has 1 fully saturated rings. The van der Waals surface area contributed by atoms with Crippen LogP contribution in [-0.2, 0) is 9.59 Å². The van der Waals surface area contributed by atoms with E-state index in [1.807, 2.05) is 69.3 Å². The van der Waals surface area contributed by atoms with Crippen LogP contribution in [0.2, 0.25) is 0 Å². The summed E-state index contributed by atoms with van der Waals surface area (Å²) in [6.07, 6.45) is 0.216. The third-order valence-electron chi connectivity index (χ3n) is 5.39. The molecule has 5 heteroatoms. The van der Waals surface area contributed by atoms with Crippen molar-refractivity contribution in [2.24, 2.45) is 5.92 Å². The average molecular weight is 415 g/mol. The van der Waals surface area contributed by atoms with Gasteiger partial charge in [0, 0.05) is 24.3 Å². The van der Waals surface area contributed by atoms with Crippen LogP contribution in [-0.4, -0.2) is 18.4 Å². The fraction of sp³-hybridized carbons (Fsp3) is 0.231. The fourth-order valence-electron chi connectivity index (χ4n) is 3.83. The van der Waals surface area contributed by atoms with Crippen molar-refractivity contribution in [3.05, 3.63) is 83.4 Å². The van der Waals surface area contributed by atoms with Crippen LogP contribution in [0.3, 0.4) is 0 Å². The molecule has 3 aromatic carbocycles. The Balaban J connectivity index is 1.38. The van der Waals surface area contributed by atoms with E-state index < -0.39 is 0 Å². The van der Waals surface area contributed by atoms with Crippen molar-refractivity contribution in [2.75, 3.05) is 16.8 Å². The summed E-state index contributed by atoms with van der Waals surface area (Å²) in [4.78, 5) is 27.0. The van der Waals surface area contributed by atoms with E-state index in [1.54, 1.807) is 17.0 Å². The Hall–Kier alpha value is -3.60. The van der Waals surface area contributed by atoms with Gasteiger partial charge in [-0.2, -0.15) is 0 Å². The van der Waals surface area contributed by atoms with E-state index in [4.69, 9.17) is 4.74 Å². The summed E-state index contributed by atoms with van der Waals surface area (Å²) in [5.74, 6) is 0.911. The van der Waals surface area contributed by atoms with Crippen LogP contribution in [0.5, 0.6) is 11.5 Å². The monoisotopic (exact) mass is 414 g/mol. The van der Waals surface area contributed by atoms with E-state index in [2.05, 4.69) is 11.4 Å². The number of ether oxygens (including phenoxy) is 1. The third kappa shape index (κ3) is 4.94. The van der Waals surface area contributed by atoms with E-state index in [-0.39, 0.29) is 24.2 Å². The lowest BCUT2D eigenvalue weighted by Crippen LogP contribution is -2.28. The Morgan fingerprint density at radius 1 is 0.871 bits per heavy atom. The van der Waals surface area contributed by atoms with Crippen molar-refractivity contribution < 1.29 is 14.3 Å². The second kappa shape index (κ2) is 8.64. The minimum absolute atomic E-state index is 0.0213. The highest BCUT2D eigenvalue weighted by Crippen LogP contribution is 2.28. The van der Waals surface area contributed by atoms with Crippen molar-refractivity contribution in [1.29, 1.82) is 0 Å². The van der Waals surface area contributed by atoms with E-state index in [0.29, 0.717) is 18.0 Å². The summed E-state index contributed by atoms with van der Waals surface area (Å²) in [5, 5.41) is 2.92. The highest BCUT2D eigenvalue weighted by atomic mass is 16.5. The molecule has 0 unspecified atom stereocenters. The quantitative estimate of drug-likeness (QED) is 0.608. The van der Waals surface area contributed by atoms with Crippen LogP contribution in [0.4, 0.5) is 11.4 Å². The molecule has 5 nitrogen and oxygen atoms in total. The van der Waals surface area contributed by atoms with Gasteiger partial charge in [0.05, 0.1) is 5.92 Å². The van der Waals surface area contributed by atoms with Gasteiger partial charge in [-0.15, -0.1) is 0 Å². The first kappa shape index (κ1) is 20.7. The standard InChI is InChI=1S/C26H26N2O3/c1-17-4-8-23(9-5-17)31-24-10-6-21(7-11-24)27-26(30)20-15-25(29)28(16-20)22-13-18(2)12-19(3)14-22/h4-14,20H,15-16H2,1-3H3,(H,27,30)/t20-/m0/s1. The van der Waals surface area contributed by atoms with Crippen LogP contribution in [0.15, 0.2) is 66.7 Å². The summed E-state index contributed by atoms with van der Waals surface area (Å²) >= 11 is 0. The Labute approximate surface area is 182 Å². The molecule has 1 aliphatic rings. The topological polar surface area (TPSA) is 58.6 Å². The Morgan fingerprint density at radius 3 is 2.06 bits per heavy atom. The molecule has 1 heterocycles. The zero-order valence-electron chi connectivity index (χ0n) is 18.0. The Kier molecular flexibility index (Phi) is 5.76. The lowest BCUT2D eigenvalue weighted by Gasteiger charge is -2.18. The number of benzene rings is 3. The van der Waals surface area contributed by atoms with Gasteiger partial charge in [0.1, 0.15) is 11.5 Å². The van der Waals surface area contributed by atoms with Gasteiger partial charge >= 0.3 is 0 Å². The fourth-order valence-corrected chi connectivity index (χ4v) is 3.83. The summed E-state index contributed by atoms with van der Waals surface area (Å²) in [7, 11) is 0. The number of nitrogens with zero attached hydrogens (tertiary/aromatic N) is 1. The molecule has 31 heavy (non-hydrogen) atoms. The number of nitrogens with one attached hydrogen (secondary N) is 1. The van der Waals surface area contributed by atoms with Crippen molar-refractivity contribution in [3.8, 4) is 11.5 Å². The first-order valence-corrected chi connectivity index (χ1v) is 10.4. The number of carbonyl (C=O) groups is 2. The lowest BCUT2D eigenvalue weighted by atomic mass is 10.1. The first-order chi connectivity index (χ1) is 14.9. The van der Waals surface area contributed by atoms with Gasteiger partial charge in [-0.3, -0.25) is 9.59 Å². The minimum Gasteiger partial charge on any atom is -0.457 e. The molecule has 0 bridgehead atoms. The normalized spacial score (nSPS) is 15.8. The van der Waals surface area contributed by atoms with Crippen LogP contribution in [0.1, 0.15) is 23.1 Å². The van der Waals surface area contributed by atoms with Gasteiger partial charge in [0.25, 0.3) is 0 Å². The number of amides is 2. The lowest BCUT2D eigenvalue weighted by molar-refractivity contribution is -0.122. The maximum Gasteiger partial charge on any atom is 0.229 e. The number of carbonyl (C=O) groups excluding carboxylic acids is 2. The number of hydrogen-bond acceptors (Lipinski definition) is 3. The van der Waals surface area contributed by atoms with Crippen molar-refractivity contribution in [1.82, 2.24) is 0 Å². The molecular formula is C26H26N2O3. The summed E-state index contributed by atoms with van der Waals surface area (Å²) in [6.45, 7) is 6.43. The zero-order valence-corrected chi connectivity index (χ0v) is 18.0. The number of rotatable bonds is 5. The Bertz CT molecular complexity index is 1080. The molecule has 1 atom stereocenters. The molecule has 0 spiro atoms. The molecule has 2 amide bonds. The second-order valence-corrected chi connectivity index (χ2v) is 8.18. The van der Waals surface area contributed by atoms with Crippen LogP contribution >= 0.6 is 0 Å². The minimum atomic E-state index is -0.378. The highest BCUT2D eigenvalue weighted by Gasteiger charge is 2.35. The molecule has 1 saturated heterocycles. The van der Waals surface area contributed by atoms with Gasteiger partial charge in [0.15, 0.2) is 0 Å². The smallest absolute Gasteiger partial charge is 0.229 e. The molecule has 0 saturated carbocycles. The van der Waals surface area contributed by atoms with E-state index >= 15 is 0 Å². The van der Waals surface area contributed by atoms with Crippen LogP contribution in [0, 0.1) is 26.7 Å². The maximum absolute atomic E-state index is 12.8. The zero-order chi connectivity index (χ0) is 22.0. The Morgan fingerprint density at radius 2 is 1.45 bits per heavy atom. The molecule has 158 valence electrons. The molecule has 0 radical (unpaired) electrons. The van der Waals surface area contributed by atoms with Gasteiger partial charge in [-0.1, -0.05) is 23.8 Å². The molecular weight excluding hydrogens is 388 g/mol. The molecule has 0 aromatic heterocycles. The largest absolute Gasteiger partial charge is 0.457 e. The van der Waals surface area contributed by atoms with Crippen molar-refractivity contribution >= 4 is 23.2 Å². The first-order valence-electron chi connectivity index (χ1n) is 10.4. The van der Waals surface area contributed by atoms with E-state index in [1.165, 1.54) is 5.56 Å². The average Bonchev–Trinajstić information content (AvgIpc) is 3.12. The number of aryl methyl sites for hydroxylation is 3. The van der Waals surface area contributed by atoms with Gasteiger partial charge in [-0.05, 0) is 80.4 Å². The maximum atomic E-state index is 12.8. The van der Waals surface area contributed by atoms with Crippen molar-refractivity contribution in [2.45, 2.75) is 27.2 Å². The van der Waals surface area contributed by atoms with Gasteiger partial charge in [-0.25, -0.2) is 0 Å². The van der Waals surface area contributed by atoms with E-state index in [9.17, 15) is 9.59 Å². The van der Waals surface area contributed by atoms with Gasteiger partial charge in [0.2, 0.25) is 11.8 Å². The number of hydrogen-bond donors (Lipinski definition) is 1.